The third kappa shape index (κ3) is 3.24. The van der Waals surface area contributed by atoms with E-state index in [0.717, 1.165) is 24.5 Å². The summed E-state index contributed by atoms with van der Waals surface area (Å²) in [6.45, 7) is 3.35. The van der Waals surface area contributed by atoms with Crippen LogP contribution in [0.2, 0.25) is 0 Å². The normalized spacial score (nSPS) is 22.4. The van der Waals surface area contributed by atoms with Crippen molar-refractivity contribution in [3.63, 3.8) is 0 Å². The lowest BCUT2D eigenvalue weighted by molar-refractivity contribution is 0.0365. The smallest absolute Gasteiger partial charge is 0.128 e. The van der Waals surface area contributed by atoms with Gasteiger partial charge < -0.3 is 14.8 Å². The van der Waals surface area contributed by atoms with Crippen molar-refractivity contribution in [2.75, 3.05) is 13.7 Å². The summed E-state index contributed by atoms with van der Waals surface area (Å²) in [5, 5.41) is 3.78. The van der Waals surface area contributed by atoms with Crippen LogP contribution in [0.4, 0.5) is 0 Å². The quantitative estimate of drug-likeness (QED) is 0.778. The molecule has 1 saturated carbocycles. The predicted molar refractivity (Wildman–Crippen MR) is 89.7 cm³/mol. The first-order valence-corrected chi connectivity index (χ1v) is 8.87. The second kappa shape index (κ2) is 6.91. The molecule has 1 aromatic rings. The molecule has 0 radical (unpaired) electrons. The van der Waals surface area contributed by atoms with Gasteiger partial charge in [0, 0.05) is 24.1 Å². The Balaban J connectivity index is 1.79. The second-order valence-corrected chi connectivity index (χ2v) is 6.81. The third-order valence-corrected chi connectivity index (χ3v) is 5.18. The fourth-order valence-corrected chi connectivity index (χ4v) is 3.93. The zero-order valence-corrected chi connectivity index (χ0v) is 14.0. The van der Waals surface area contributed by atoms with Gasteiger partial charge in [0.15, 0.2) is 0 Å². The van der Waals surface area contributed by atoms with Crippen LogP contribution in [-0.4, -0.2) is 19.3 Å². The van der Waals surface area contributed by atoms with Crippen LogP contribution in [0.1, 0.15) is 69.9 Å². The molecule has 0 aromatic heterocycles. The Bertz CT molecular complexity index is 494. The summed E-state index contributed by atoms with van der Waals surface area (Å²) in [5.41, 5.74) is 1.36. The Kier molecular flexibility index (Phi) is 4.92. The van der Waals surface area contributed by atoms with E-state index in [1.807, 2.05) is 0 Å². The van der Waals surface area contributed by atoms with Gasteiger partial charge in [0.1, 0.15) is 17.1 Å². The van der Waals surface area contributed by atoms with Crippen LogP contribution in [0.5, 0.6) is 11.5 Å². The maximum atomic E-state index is 6.46. The molecule has 1 heterocycles. The Morgan fingerprint density at radius 1 is 1.27 bits per heavy atom. The van der Waals surface area contributed by atoms with Crippen LogP contribution in [0.25, 0.3) is 0 Å². The molecule has 1 unspecified atom stereocenters. The van der Waals surface area contributed by atoms with Crippen LogP contribution >= 0.6 is 0 Å². The van der Waals surface area contributed by atoms with Crippen LogP contribution in [0.3, 0.4) is 0 Å². The molecule has 0 bridgehead atoms. The first-order chi connectivity index (χ1) is 10.8. The van der Waals surface area contributed by atoms with Gasteiger partial charge in [-0.2, -0.15) is 0 Å². The van der Waals surface area contributed by atoms with Crippen LogP contribution in [0, 0.1) is 0 Å². The van der Waals surface area contributed by atoms with E-state index >= 15 is 0 Å². The highest BCUT2D eigenvalue weighted by Gasteiger charge is 2.42. The number of hydrogen-bond acceptors (Lipinski definition) is 3. The minimum atomic E-state index is 0.0573. The van der Waals surface area contributed by atoms with Gasteiger partial charge in [-0.3, -0.25) is 0 Å². The SMILES string of the molecule is CCCCCNC1CC2(CCCC2)Oc2cc(OC)ccc21. The number of hydrogen-bond donors (Lipinski definition) is 1. The maximum Gasteiger partial charge on any atom is 0.128 e. The fourth-order valence-electron chi connectivity index (χ4n) is 3.93. The molecule has 3 heteroatoms. The summed E-state index contributed by atoms with van der Waals surface area (Å²) >= 11 is 0. The number of nitrogens with one attached hydrogen (secondary N) is 1. The van der Waals surface area contributed by atoms with Crippen molar-refractivity contribution >= 4 is 0 Å². The topological polar surface area (TPSA) is 30.5 Å². The Morgan fingerprint density at radius 2 is 2.09 bits per heavy atom. The van der Waals surface area contributed by atoms with Gasteiger partial charge in [0.05, 0.1) is 7.11 Å². The van der Waals surface area contributed by atoms with E-state index in [-0.39, 0.29) is 5.60 Å². The lowest BCUT2D eigenvalue weighted by Gasteiger charge is -2.40. The van der Waals surface area contributed by atoms with E-state index in [4.69, 9.17) is 9.47 Å². The summed E-state index contributed by atoms with van der Waals surface area (Å²) < 4.78 is 11.8. The number of fused-ring (bicyclic) bond motifs is 1. The molecule has 1 fully saturated rings. The lowest BCUT2D eigenvalue weighted by atomic mass is 9.85. The average Bonchev–Trinajstić information content (AvgIpc) is 2.98. The molecule has 1 atom stereocenters. The van der Waals surface area contributed by atoms with Crippen LogP contribution in [0.15, 0.2) is 18.2 Å². The first-order valence-electron chi connectivity index (χ1n) is 8.87. The standard InChI is InChI=1S/C19H29NO2/c1-3-4-7-12-20-17-14-19(10-5-6-11-19)22-18-13-15(21-2)8-9-16(17)18/h8-9,13,17,20H,3-7,10-12,14H2,1-2H3. The van der Waals surface area contributed by atoms with Gasteiger partial charge in [-0.05, 0) is 44.7 Å². The number of methoxy groups -OCH3 is 1. The van der Waals surface area contributed by atoms with Crippen molar-refractivity contribution in [2.45, 2.75) is 69.9 Å². The summed E-state index contributed by atoms with van der Waals surface area (Å²) in [4.78, 5) is 0. The van der Waals surface area contributed by atoms with Gasteiger partial charge in [0.25, 0.3) is 0 Å². The Labute approximate surface area is 134 Å². The summed E-state index contributed by atoms with van der Waals surface area (Å²) in [6.07, 6.45) is 9.91. The second-order valence-electron chi connectivity index (χ2n) is 6.81. The van der Waals surface area contributed by atoms with Gasteiger partial charge in [-0.1, -0.05) is 25.8 Å². The number of unbranched alkanes of at least 4 members (excludes halogenated alkanes) is 2. The van der Waals surface area contributed by atoms with E-state index in [1.54, 1.807) is 7.11 Å². The average molecular weight is 303 g/mol. The molecule has 0 saturated heterocycles. The molecule has 1 aliphatic carbocycles. The molecule has 1 aliphatic heterocycles. The molecular weight excluding hydrogens is 274 g/mol. The van der Waals surface area contributed by atoms with E-state index in [0.29, 0.717) is 6.04 Å². The van der Waals surface area contributed by atoms with Crippen LogP contribution in [-0.2, 0) is 0 Å². The minimum absolute atomic E-state index is 0.0573. The third-order valence-electron chi connectivity index (χ3n) is 5.18. The maximum absolute atomic E-state index is 6.46. The Morgan fingerprint density at radius 3 is 2.82 bits per heavy atom. The van der Waals surface area contributed by atoms with Crippen molar-refractivity contribution in [3.05, 3.63) is 23.8 Å². The van der Waals surface area contributed by atoms with Gasteiger partial charge in [-0.15, -0.1) is 0 Å². The summed E-state index contributed by atoms with van der Waals surface area (Å²) in [5.74, 6) is 1.92. The lowest BCUT2D eigenvalue weighted by Crippen LogP contribution is -2.42. The molecule has 2 aliphatic rings. The molecule has 3 rings (SSSR count). The van der Waals surface area contributed by atoms with Crippen LogP contribution < -0.4 is 14.8 Å². The molecule has 1 aromatic carbocycles. The van der Waals surface area contributed by atoms with E-state index in [2.05, 4.69) is 30.4 Å². The van der Waals surface area contributed by atoms with E-state index < -0.39 is 0 Å². The van der Waals surface area contributed by atoms with Crippen molar-refractivity contribution in [1.82, 2.24) is 5.32 Å². The van der Waals surface area contributed by atoms with E-state index in [1.165, 1.54) is 50.5 Å². The zero-order chi connectivity index (χ0) is 15.4. The monoisotopic (exact) mass is 303 g/mol. The molecule has 122 valence electrons. The van der Waals surface area contributed by atoms with Gasteiger partial charge >= 0.3 is 0 Å². The molecule has 1 spiro atoms. The van der Waals surface area contributed by atoms with Gasteiger partial charge in [-0.25, -0.2) is 0 Å². The molecule has 3 nitrogen and oxygen atoms in total. The molecule has 1 N–H and O–H groups in total. The molecular formula is C19H29NO2. The van der Waals surface area contributed by atoms with Crippen molar-refractivity contribution in [1.29, 1.82) is 0 Å². The largest absolute Gasteiger partial charge is 0.497 e. The zero-order valence-electron chi connectivity index (χ0n) is 14.0. The summed E-state index contributed by atoms with van der Waals surface area (Å²) in [6, 6.07) is 6.71. The highest BCUT2D eigenvalue weighted by molar-refractivity contribution is 5.44. The fraction of sp³-hybridized carbons (Fsp3) is 0.684. The number of benzene rings is 1. The van der Waals surface area contributed by atoms with Crippen molar-refractivity contribution < 1.29 is 9.47 Å². The summed E-state index contributed by atoms with van der Waals surface area (Å²) in [7, 11) is 1.72. The van der Waals surface area contributed by atoms with Crippen molar-refractivity contribution in [2.24, 2.45) is 0 Å². The molecule has 22 heavy (non-hydrogen) atoms. The van der Waals surface area contributed by atoms with E-state index in [9.17, 15) is 0 Å². The number of rotatable bonds is 6. The Hall–Kier alpha value is -1.22. The van der Waals surface area contributed by atoms with Crippen molar-refractivity contribution in [3.8, 4) is 11.5 Å². The predicted octanol–water partition coefficient (Wildman–Crippen LogP) is 4.61. The number of ether oxygens (including phenoxy) is 2. The van der Waals surface area contributed by atoms with Gasteiger partial charge in [0.2, 0.25) is 0 Å². The highest BCUT2D eigenvalue weighted by Crippen LogP contribution is 2.47. The minimum Gasteiger partial charge on any atom is -0.497 e. The first kappa shape index (κ1) is 15.7. The molecule has 0 amide bonds. The highest BCUT2D eigenvalue weighted by atomic mass is 16.5.